The summed E-state index contributed by atoms with van der Waals surface area (Å²) in [6, 6.07) is 7.96. The second-order valence-electron chi connectivity index (χ2n) is 4.82. The van der Waals surface area contributed by atoms with Crippen molar-refractivity contribution in [3.05, 3.63) is 51.8 Å². The first-order chi connectivity index (χ1) is 9.01. The summed E-state index contributed by atoms with van der Waals surface area (Å²) in [5.74, 6) is 5.71. The van der Waals surface area contributed by atoms with Gasteiger partial charge in [0.1, 0.15) is 0 Å². The van der Waals surface area contributed by atoms with Crippen LogP contribution in [0.3, 0.4) is 0 Å². The summed E-state index contributed by atoms with van der Waals surface area (Å²) in [4.78, 5) is 0. The van der Waals surface area contributed by atoms with Crippen LogP contribution in [0.25, 0.3) is 0 Å². The fourth-order valence-corrected chi connectivity index (χ4v) is 2.49. The van der Waals surface area contributed by atoms with E-state index in [0.717, 1.165) is 28.4 Å². The molecule has 1 aromatic carbocycles. The molecule has 0 saturated heterocycles. The number of benzene rings is 1. The maximum absolute atomic E-state index is 6.07. The first kappa shape index (κ1) is 14.1. The van der Waals surface area contributed by atoms with Crippen LogP contribution in [0.15, 0.2) is 24.3 Å². The molecular formula is C14H19ClN4. The van der Waals surface area contributed by atoms with Gasteiger partial charge in [0, 0.05) is 24.2 Å². The van der Waals surface area contributed by atoms with Gasteiger partial charge in [-0.3, -0.25) is 16.0 Å². The number of aryl methyl sites for hydroxylation is 3. The lowest BCUT2D eigenvalue weighted by molar-refractivity contribution is 0.528. The quantitative estimate of drug-likeness (QED) is 0.667. The standard InChI is InChI=1S/C14H19ClN4/c1-9-4-5-11(15)7-13(9)14(17-16)8-12-6-10(2)18-19(12)3/h4-7,14,17H,8,16H2,1-3H3. The van der Waals surface area contributed by atoms with Crippen LogP contribution in [-0.2, 0) is 13.5 Å². The summed E-state index contributed by atoms with van der Waals surface area (Å²) in [5.41, 5.74) is 7.31. The number of nitrogens with one attached hydrogen (secondary N) is 1. The van der Waals surface area contributed by atoms with E-state index in [-0.39, 0.29) is 6.04 Å². The number of halogens is 1. The molecule has 0 aliphatic rings. The molecule has 5 heteroatoms. The number of hydrogen-bond donors (Lipinski definition) is 2. The maximum Gasteiger partial charge on any atom is 0.0596 e. The van der Waals surface area contributed by atoms with Crippen molar-refractivity contribution in [2.45, 2.75) is 26.3 Å². The van der Waals surface area contributed by atoms with Gasteiger partial charge in [-0.05, 0) is 43.2 Å². The molecule has 0 radical (unpaired) electrons. The molecule has 1 atom stereocenters. The number of hydrogen-bond acceptors (Lipinski definition) is 3. The van der Waals surface area contributed by atoms with Crippen LogP contribution < -0.4 is 11.3 Å². The Bertz CT molecular complexity index is 577. The predicted octanol–water partition coefficient (Wildman–Crippen LogP) is 2.44. The molecule has 1 aromatic heterocycles. The van der Waals surface area contributed by atoms with Crippen molar-refractivity contribution in [1.29, 1.82) is 0 Å². The number of rotatable bonds is 4. The molecule has 1 unspecified atom stereocenters. The van der Waals surface area contributed by atoms with Crippen LogP contribution >= 0.6 is 11.6 Å². The van der Waals surface area contributed by atoms with Gasteiger partial charge in [-0.2, -0.15) is 5.10 Å². The molecule has 0 fully saturated rings. The Morgan fingerprint density at radius 2 is 2.11 bits per heavy atom. The van der Waals surface area contributed by atoms with Gasteiger partial charge >= 0.3 is 0 Å². The van der Waals surface area contributed by atoms with E-state index in [1.165, 1.54) is 5.56 Å². The van der Waals surface area contributed by atoms with Crippen LogP contribution in [0.1, 0.15) is 28.6 Å². The first-order valence-electron chi connectivity index (χ1n) is 6.23. The molecule has 2 rings (SSSR count). The summed E-state index contributed by atoms with van der Waals surface area (Å²) >= 11 is 6.07. The van der Waals surface area contributed by atoms with Crippen LogP contribution in [0.2, 0.25) is 5.02 Å². The fraction of sp³-hybridized carbons (Fsp3) is 0.357. The minimum Gasteiger partial charge on any atom is -0.272 e. The van der Waals surface area contributed by atoms with Crippen molar-refractivity contribution in [3.8, 4) is 0 Å². The summed E-state index contributed by atoms with van der Waals surface area (Å²) in [5, 5.41) is 5.08. The summed E-state index contributed by atoms with van der Waals surface area (Å²) in [6.45, 7) is 4.05. The van der Waals surface area contributed by atoms with Crippen molar-refractivity contribution >= 4 is 11.6 Å². The molecule has 0 saturated carbocycles. The van der Waals surface area contributed by atoms with Crippen molar-refractivity contribution in [2.24, 2.45) is 12.9 Å². The Kier molecular flexibility index (Phi) is 4.24. The average Bonchev–Trinajstić information content (AvgIpc) is 2.68. The molecule has 0 spiro atoms. The highest BCUT2D eigenvalue weighted by Crippen LogP contribution is 2.24. The van der Waals surface area contributed by atoms with Gasteiger partial charge in [0.2, 0.25) is 0 Å². The highest BCUT2D eigenvalue weighted by Gasteiger charge is 2.15. The number of aromatic nitrogens is 2. The predicted molar refractivity (Wildman–Crippen MR) is 77.9 cm³/mol. The van der Waals surface area contributed by atoms with Crippen molar-refractivity contribution in [3.63, 3.8) is 0 Å². The zero-order valence-electron chi connectivity index (χ0n) is 11.4. The Morgan fingerprint density at radius 1 is 1.37 bits per heavy atom. The molecule has 19 heavy (non-hydrogen) atoms. The van der Waals surface area contributed by atoms with Crippen LogP contribution in [-0.4, -0.2) is 9.78 Å². The van der Waals surface area contributed by atoms with E-state index in [2.05, 4.69) is 23.5 Å². The Balaban J connectivity index is 2.30. The van der Waals surface area contributed by atoms with Crippen LogP contribution in [0, 0.1) is 13.8 Å². The number of nitrogens with two attached hydrogens (primary N) is 1. The molecular weight excluding hydrogens is 260 g/mol. The number of hydrazine groups is 1. The topological polar surface area (TPSA) is 55.9 Å². The summed E-state index contributed by atoms with van der Waals surface area (Å²) < 4.78 is 1.89. The van der Waals surface area contributed by atoms with E-state index >= 15 is 0 Å². The maximum atomic E-state index is 6.07. The minimum absolute atomic E-state index is 0.0218. The molecule has 4 nitrogen and oxygen atoms in total. The van der Waals surface area contributed by atoms with E-state index in [0.29, 0.717) is 0 Å². The lowest BCUT2D eigenvalue weighted by atomic mass is 9.98. The lowest BCUT2D eigenvalue weighted by Gasteiger charge is -2.19. The van der Waals surface area contributed by atoms with E-state index in [1.807, 2.05) is 36.9 Å². The summed E-state index contributed by atoms with van der Waals surface area (Å²) in [7, 11) is 1.95. The van der Waals surface area contributed by atoms with Gasteiger partial charge in [-0.1, -0.05) is 17.7 Å². The third-order valence-corrected chi connectivity index (χ3v) is 3.57. The van der Waals surface area contributed by atoms with Crippen molar-refractivity contribution in [1.82, 2.24) is 15.2 Å². The van der Waals surface area contributed by atoms with Gasteiger partial charge in [-0.15, -0.1) is 0 Å². The van der Waals surface area contributed by atoms with Gasteiger partial charge in [-0.25, -0.2) is 0 Å². The van der Waals surface area contributed by atoms with Gasteiger partial charge in [0.15, 0.2) is 0 Å². The Hall–Kier alpha value is -1.36. The molecule has 0 amide bonds. The Morgan fingerprint density at radius 3 is 2.68 bits per heavy atom. The second-order valence-corrected chi connectivity index (χ2v) is 5.26. The second kappa shape index (κ2) is 5.74. The molecule has 0 aliphatic carbocycles. The van der Waals surface area contributed by atoms with Crippen LogP contribution in [0.5, 0.6) is 0 Å². The van der Waals surface area contributed by atoms with E-state index in [1.54, 1.807) is 0 Å². The fourth-order valence-electron chi connectivity index (χ4n) is 2.31. The molecule has 1 heterocycles. The minimum atomic E-state index is 0.0218. The first-order valence-corrected chi connectivity index (χ1v) is 6.60. The normalized spacial score (nSPS) is 12.7. The third kappa shape index (κ3) is 3.15. The van der Waals surface area contributed by atoms with E-state index in [4.69, 9.17) is 17.4 Å². The smallest absolute Gasteiger partial charge is 0.0596 e. The highest BCUT2D eigenvalue weighted by molar-refractivity contribution is 6.30. The van der Waals surface area contributed by atoms with Crippen molar-refractivity contribution < 1.29 is 0 Å². The molecule has 0 aliphatic heterocycles. The van der Waals surface area contributed by atoms with E-state index in [9.17, 15) is 0 Å². The zero-order chi connectivity index (χ0) is 14.0. The monoisotopic (exact) mass is 278 g/mol. The Labute approximate surface area is 118 Å². The van der Waals surface area contributed by atoms with Gasteiger partial charge in [0.05, 0.1) is 11.7 Å². The molecule has 2 aromatic rings. The zero-order valence-corrected chi connectivity index (χ0v) is 12.2. The van der Waals surface area contributed by atoms with Gasteiger partial charge < -0.3 is 0 Å². The van der Waals surface area contributed by atoms with Crippen molar-refractivity contribution in [2.75, 3.05) is 0 Å². The SMILES string of the molecule is Cc1cc(CC(NN)c2cc(Cl)ccc2C)n(C)n1. The average molecular weight is 279 g/mol. The largest absolute Gasteiger partial charge is 0.272 e. The molecule has 0 bridgehead atoms. The van der Waals surface area contributed by atoms with E-state index < -0.39 is 0 Å². The number of nitrogens with zero attached hydrogens (tertiary/aromatic N) is 2. The summed E-state index contributed by atoms with van der Waals surface area (Å²) in [6.07, 6.45) is 0.773. The lowest BCUT2D eigenvalue weighted by Crippen LogP contribution is -2.30. The highest BCUT2D eigenvalue weighted by atomic mass is 35.5. The third-order valence-electron chi connectivity index (χ3n) is 3.33. The molecule has 3 N–H and O–H groups in total. The van der Waals surface area contributed by atoms with Gasteiger partial charge in [0.25, 0.3) is 0 Å². The molecule has 102 valence electrons. The van der Waals surface area contributed by atoms with Crippen LogP contribution in [0.4, 0.5) is 0 Å².